The monoisotopic (exact) mass is 375 g/mol. The molecule has 0 aromatic heterocycles. The summed E-state index contributed by atoms with van der Waals surface area (Å²) < 4.78 is 0. The molecule has 0 aliphatic carbocycles. The third-order valence-corrected chi connectivity index (χ3v) is 3.05. The van der Waals surface area contributed by atoms with Crippen molar-refractivity contribution in [1.82, 2.24) is 21.3 Å². The molecule has 0 radical (unpaired) electrons. The van der Waals surface area contributed by atoms with Gasteiger partial charge in [0.2, 0.25) is 17.7 Å². The van der Waals surface area contributed by atoms with E-state index in [9.17, 15) is 24.3 Å². The Hall–Kier alpha value is -2.93. The Morgan fingerprint density at radius 1 is 1.04 bits per heavy atom. The average Bonchev–Trinajstić information content (AvgIpc) is 2.59. The molecule has 0 aliphatic rings. The molecule has 26 heavy (non-hydrogen) atoms. The van der Waals surface area contributed by atoms with Gasteiger partial charge in [0, 0.05) is 6.54 Å². The van der Waals surface area contributed by atoms with E-state index in [0.29, 0.717) is 6.42 Å². The van der Waals surface area contributed by atoms with Crippen LogP contribution in [-0.2, 0) is 19.2 Å². The number of aliphatic hydroxyl groups is 1. The largest absolute Gasteiger partial charge is 0.480 e. The lowest BCUT2D eigenvalue weighted by molar-refractivity contribution is -0.138. The number of guanidine groups is 1. The molecule has 0 rings (SSSR count). The molecular formula is C13H25N7O6. The summed E-state index contributed by atoms with van der Waals surface area (Å²) in [5, 5.41) is 33.9. The Labute approximate surface area is 149 Å². The number of hydrogen-bond donors (Lipinski definition) is 9. The van der Waals surface area contributed by atoms with E-state index in [1.807, 2.05) is 5.32 Å². The van der Waals surface area contributed by atoms with E-state index in [1.54, 1.807) is 0 Å². The summed E-state index contributed by atoms with van der Waals surface area (Å²) in [6.07, 6.45) is 0.504. The van der Waals surface area contributed by atoms with Crippen LogP contribution < -0.4 is 32.7 Å². The summed E-state index contributed by atoms with van der Waals surface area (Å²) in [6, 6.07) is -2.42. The molecule has 0 fully saturated rings. The molecule has 3 amide bonds. The highest BCUT2D eigenvalue weighted by molar-refractivity contribution is 5.93. The molecule has 13 heteroatoms. The minimum atomic E-state index is -1.38. The Bertz CT molecular complexity index is 527. The van der Waals surface area contributed by atoms with Crippen LogP contribution in [-0.4, -0.2) is 78.2 Å². The van der Waals surface area contributed by atoms with Gasteiger partial charge in [-0.05, 0) is 12.8 Å². The Kier molecular flexibility index (Phi) is 11.0. The molecule has 0 heterocycles. The van der Waals surface area contributed by atoms with E-state index in [1.165, 1.54) is 0 Å². The van der Waals surface area contributed by atoms with Gasteiger partial charge in [-0.25, -0.2) is 0 Å². The lowest BCUT2D eigenvalue weighted by atomic mass is 10.1. The summed E-state index contributed by atoms with van der Waals surface area (Å²) in [5.41, 5.74) is 10.3. The van der Waals surface area contributed by atoms with E-state index < -0.39 is 48.9 Å². The summed E-state index contributed by atoms with van der Waals surface area (Å²) in [6.45, 7) is -1.51. The van der Waals surface area contributed by atoms with Crippen LogP contribution in [0.5, 0.6) is 0 Å². The van der Waals surface area contributed by atoms with Crippen LogP contribution in [0.3, 0.4) is 0 Å². The number of rotatable bonds is 12. The van der Waals surface area contributed by atoms with Crippen molar-refractivity contribution in [3.8, 4) is 0 Å². The summed E-state index contributed by atoms with van der Waals surface area (Å²) >= 11 is 0. The standard InChI is InChI=1S/C13H25N7O6/c14-4-9(22)19-7(2-1-3-17-13(15)16)12(26)20-8(6-21)11(25)18-5-10(23)24/h7-8,21H,1-6,14H2,(H,18,25)(H,19,22)(H,20,26)(H,23,24)(H4,15,16,17)/t7-,8-/m0/s1. The van der Waals surface area contributed by atoms with E-state index in [0.717, 1.165) is 0 Å². The third kappa shape index (κ3) is 10.0. The van der Waals surface area contributed by atoms with Crippen molar-refractivity contribution in [3.05, 3.63) is 0 Å². The number of aliphatic hydroxyl groups excluding tert-OH is 1. The third-order valence-electron chi connectivity index (χ3n) is 3.05. The fourth-order valence-electron chi connectivity index (χ4n) is 1.80. The van der Waals surface area contributed by atoms with Crippen LogP contribution in [0.4, 0.5) is 0 Å². The molecule has 0 aliphatic heterocycles. The van der Waals surface area contributed by atoms with Gasteiger partial charge in [0.15, 0.2) is 5.96 Å². The summed E-state index contributed by atoms with van der Waals surface area (Å²) in [5.74, 6) is -3.76. The van der Waals surface area contributed by atoms with Crippen molar-refractivity contribution in [2.45, 2.75) is 24.9 Å². The molecule has 0 bridgehead atoms. The van der Waals surface area contributed by atoms with Crippen molar-refractivity contribution in [2.24, 2.45) is 11.5 Å². The van der Waals surface area contributed by atoms with Crippen molar-refractivity contribution >= 4 is 29.7 Å². The van der Waals surface area contributed by atoms with Crippen molar-refractivity contribution < 1.29 is 29.4 Å². The average molecular weight is 375 g/mol. The minimum absolute atomic E-state index is 0.146. The van der Waals surface area contributed by atoms with Gasteiger partial charge in [-0.15, -0.1) is 0 Å². The maximum Gasteiger partial charge on any atom is 0.322 e. The molecule has 0 unspecified atom stereocenters. The van der Waals surface area contributed by atoms with Crippen molar-refractivity contribution in [1.29, 1.82) is 5.41 Å². The van der Waals surface area contributed by atoms with Gasteiger partial charge in [0.1, 0.15) is 18.6 Å². The SMILES string of the molecule is N=C(N)NCCC[C@H](NC(=O)CN)C(=O)N[C@@H](CO)C(=O)NCC(=O)O. The Morgan fingerprint density at radius 3 is 2.19 bits per heavy atom. The second-order valence-corrected chi connectivity index (χ2v) is 5.16. The number of amides is 3. The lowest BCUT2D eigenvalue weighted by Crippen LogP contribution is -2.56. The number of carbonyl (C=O) groups is 4. The van der Waals surface area contributed by atoms with Gasteiger partial charge in [-0.1, -0.05) is 0 Å². The van der Waals surface area contributed by atoms with Crippen LogP contribution in [0.1, 0.15) is 12.8 Å². The highest BCUT2D eigenvalue weighted by atomic mass is 16.4. The molecule has 0 saturated carbocycles. The molecule has 2 atom stereocenters. The topological polar surface area (TPSA) is 233 Å². The lowest BCUT2D eigenvalue weighted by Gasteiger charge is -2.22. The highest BCUT2D eigenvalue weighted by Gasteiger charge is 2.26. The van der Waals surface area contributed by atoms with Crippen LogP contribution in [0.2, 0.25) is 0 Å². The number of carbonyl (C=O) groups excluding carboxylic acids is 3. The number of hydrogen-bond acceptors (Lipinski definition) is 7. The Balaban J connectivity index is 4.78. The number of aliphatic carboxylic acids is 1. The predicted molar refractivity (Wildman–Crippen MR) is 89.8 cm³/mol. The molecule has 148 valence electrons. The number of carboxylic acids is 1. The van der Waals surface area contributed by atoms with Gasteiger partial charge < -0.3 is 42.9 Å². The highest BCUT2D eigenvalue weighted by Crippen LogP contribution is 1.99. The van der Waals surface area contributed by atoms with Gasteiger partial charge in [-0.3, -0.25) is 24.6 Å². The number of nitrogens with two attached hydrogens (primary N) is 2. The quantitative estimate of drug-likeness (QED) is 0.0904. The fraction of sp³-hybridized carbons (Fsp3) is 0.615. The number of nitrogens with one attached hydrogen (secondary N) is 5. The maximum absolute atomic E-state index is 12.3. The smallest absolute Gasteiger partial charge is 0.322 e. The normalized spacial score (nSPS) is 12.4. The molecule has 0 saturated heterocycles. The first-order valence-corrected chi connectivity index (χ1v) is 7.69. The first-order chi connectivity index (χ1) is 12.2. The van der Waals surface area contributed by atoms with Gasteiger partial charge in [0.25, 0.3) is 0 Å². The van der Waals surface area contributed by atoms with Crippen LogP contribution >= 0.6 is 0 Å². The number of carboxylic acid groups (broad SMARTS) is 1. The van der Waals surface area contributed by atoms with Crippen molar-refractivity contribution in [2.75, 3.05) is 26.2 Å². The Morgan fingerprint density at radius 2 is 1.69 bits per heavy atom. The van der Waals surface area contributed by atoms with Crippen LogP contribution in [0.15, 0.2) is 0 Å². The molecule has 11 N–H and O–H groups in total. The molecule has 0 aromatic rings. The second kappa shape index (κ2) is 12.4. The maximum atomic E-state index is 12.3. The zero-order valence-corrected chi connectivity index (χ0v) is 14.1. The molecular weight excluding hydrogens is 350 g/mol. The van der Waals surface area contributed by atoms with Gasteiger partial charge in [-0.2, -0.15) is 0 Å². The zero-order valence-electron chi connectivity index (χ0n) is 14.1. The van der Waals surface area contributed by atoms with Crippen LogP contribution in [0, 0.1) is 5.41 Å². The van der Waals surface area contributed by atoms with E-state index >= 15 is 0 Å². The molecule has 13 nitrogen and oxygen atoms in total. The van der Waals surface area contributed by atoms with Crippen LogP contribution in [0.25, 0.3) is 0 Å². The second-order valence-electron chi connectivity index (χ2n) is 5.16. The first kappa shape index (κ1) is 23.1. The predicted octanol–water partition coefficient (Wildman–Crippen LogP) is -4.63. The van der Waals surface area contributed by atoms with Crippen molar-refractivity contribution in [3.63, 3.8) is 0 Å². The fourth-order valence-corrected chi connectivity index (χ4v) is 1.80. The summed E-state index contributed by atoms with van der Waals surface area (Å²) in [4.78, 5) is 45.9. The summed E-state index contributed by atoms with van der Waals surface area (Å²) in [7, 11) is 0. The first-order valence-electron chi connectivity index (χ1n) is 7.69. The minimum Gasteiger partial charge on any atom is -0.480 e. The van der Waals surface area contributed by atoms with Gasteiger partial charge in [0.05, 0.1) is 13.2 Å². The molecule has 0 spiro atoms. The van der Waals surface area contributed by atoms with E-state index in [2.05, 4.69) is 16.0 Å². The zero-order chi connectivity index (χ0) is 20.1. The van der Waals surface area contributed by atoms with E-state index in [-0.39, 0.29) is 25.5 Å². The molecule has 0 aromatic carbocycles. The van der Waals surface area contributed by atoms with E-state index in [4.69, 9.17) is 22.0 Å². The van der Waals surface area contributed by atoms with Gasteiger partial charge >= 0.3 is 5.97 Å².